The SMILES string of the molecule is COc1cc(/C=C(\C#N)C(=O)Nc2cc(Cl)ccc2Cl)ccc1OCc1ccc(Cl)c(Cl)c1. The van der Waals surface area contributed by atoms with Crippen LogP contribution in [0.5, 0.6) is 11.5 Å². The number of hydrogen-bond donors (Lipinski definition) is 1. The molecule has 0 saturated carbocycles. The lowest BCUT2D eigenvalue weighted by atomic mass is 10.1. The van der Waals surface area contributed by atoms with Crippen molar-refractivity contribution < 1.29 is 14.3 Å². The van der Waals surface area contributed by atoms with E-state index in [9.17, 15) is 10.1 Å². The van der Waals surface area contributed by atoms with E-state index >= 15 is 0 Å². The van der Waals surface area contributed by atoms with Crippen LogP contribution in [0.15, 0.2) is 60.2 Å². The van der Waals surface area contributed by atoms with Gasteiger partial charge in [-0.2, -0.15) is 5.26 Å². The summed E-state index contributed by atoms with van der Waals surface area (Å²) in [4.78, 5) is 12.6. The van der Waals surface area contributed by atoms with Crippen molar-refractivity contribution in [2.75, 3.05) is 12.4 Å². The smallest absolute Gasteiger partial charge is 0.266 e. The highest BCUT2D eigenvalue weighted by Crippen LogP contribution is 2.31. The minimum Gasteiger partial charge on any atom is -0.493 e. The van der Waals surface area contributed by atoms with Gasteiger partial charge in [-0.3, -0.25) is 4.79 Å². The summed E-state index contributed by atoms with van der Waals surface area (Å²) in [6, 6.07) is 16.8. The maximum Gasteiger partial charge on any atom is 0.266 e. The molecule has 3 rings (SSSR count). The summed E-state index contributed by atoms with van der Waals surface area (Å²) >= 11 is 24.0. The number of carbonyl (C=O) groups is 1. The minimum absolute atomic E-state index is 0.127. The first-order chi connectivity index (χ1) is 15.8. The third kappa shape index (κ3) is 6.56. The van der Waals surface area contributed by atoms with Crippen molar-refractivity contribution in [1.29, 1.82) is 5.26 Å². The fraction of sp³-hybridized carbons (Fsp3) is 0.0833. The van der Waals surface area contributed by atoms with E-state index in [0.717, 1.165) is 5.56 Å². The van der Waals surface area contributed by atoms with E-state index in [-0.39, 0.29) is 12.2 Å². The molecule has 0 fully saturated rings. The van der Waals surface area contributed by atoms with Crippen LogP contribution >= 0.6 is 46.4 Å². The van der Waals surface area contributed by atoms with Gasteiger partial charge in [0.25, 0.3) is 5.91 Å². The van der Waals surface area contributed by atoms with E-state index in [4.69, 9.17) is 55.9 Å². The van der Waals surface area contributed by atoms with Crippen LogP contribution in [0.4, 0.5) is 5.69 Å². The first kappa shape index (κ1) is 24.8. The minimum atomic E-state index is -0.624. The zero-order valence-electron chi connectivity index (χ0n) is 17.2. The third-order valence-electron chi connectivity index (χ3n) is 4.42. The average Bonchev–Trinajstić information content (AvgIpc) is 2.80. The highest BCUT2D eigenvalue weighted by molar-refractivity contribution is 6.42. The van der Waals surface area contributed by atoms with E-state index in [0.29, 0.717) is 42.8 Å². The fourth-order valence-electron chi connectivity index (χ4n) is 2.78. The molecule has 0 saturated heterocycles. The number of benzene rings is 3. The molecule has 0 aliphatic heterocycles. The number of anilines is 1. The lowest BCUT2D eigenvalue weighted by molar-refractivity contribution is -0.112. The molecule has 0 aromatic heterocycles. The predicted molar refractivity (Wildman–Crippen MR) is 132 cm³/mol. The van der Waals surface area contributed by atoms with Gasteiger partial charge < -0.3 is 14.8 Å². The Labute approximate surface area is 211 Å². The Kier molecular flexibility index (Phi) is 8.49. The fourth-order valence-corrected chi connectivity index (χ4v) is 3.44. The van der Waals surface area contributed by atoms with Gasteiger partial charge in [-0.25, -0.2) is 0 Å². The van der Waals surface area contributed by atoms with Crippen molar-refractivity contribution in [3.05, 3.63) is 91.4 Å². The highest BCUT2D eigenvalue weighted by atomic mass is 35.5. The van der Waals surface area contributed by atoms with Crippen molar-refractivity contribution in [2.24, 2.45) is 0 Å². The number of carbonyl (C=O) groups excluding carboxylic acids is 1. The molecule has 168 valence electrons. The van der Waals surface area contributed by atoms with E-state index < -0.39 is 5.91 Å². The molecule has 0 atom stereocenters. The summed E-state index contributed by atoms with van der Waals surface area (Å²) in [6.45, 7) is 0.245. The monoisotopic (exact) mass is 520 g/mol. The van der Waals surface area contributed by atoms with Crippen LogP contribution in [0.25, 0.3) is 6.08 Å². The number of amides is 1. The standard InChI is InChI=1S/C24H16Cl4N2O3/c1-32-23-10-14(3-7-22(23)33-13-15-2-5-18(26)20(28)9-15)8-16(12-29)24(31)30-21-11-17(25)4-6-19(21)27/h2-11H,13H2,1H3,(H,30,31)/b16-8+. The largest absolute Gasteiger partial charge is 0.493 e. The summed E-state index contributed by atoms with van der Waals surface area (Å²) in [5.41, 5.74) is 1.58. The zero-order chi connectivity index (χ0) is 24.0. The lowest BCUT2D eigenvalue weighted by Gasteiger charge is -2.12. The molecule has 33 heavy (non-hydrogen) atoms. The van der Waals surface area contributed by atoms with Crippen molar-refractivity contribution in [3.63, 3.8) is 0 Å². The van der Waals surface area contributed by atoms with Gasteiger partial charge in [-0.05, 0) is 59.7 Å². The van der Waals surface area contributed by atoms with Crippen molar-refractivity contribution >= 4 is 64.1 Å². The van der Waals surface area contributed by atoms with Crippen LogP contribution in [0.3, 0.4) is 0 Å². The summed E-state index contributed by atoms with van der Waals surface area (Å²) in [5, 5.41) is 13.7. The quantitative estimate of drug-likeness (QED) is 0.259. The summed E-state index contributed by atoms with van der Waals surface area (Å²) in [6.07, 6.45) is 1.43. The van der Waals surface area contributed by atoms with E-state index in [2.05, 4.69) is 5.32 Å². The molecular weight excluding hydrogens is 506 g/mol. The second kappa shape index (κ2) is 11.3. The molecule has 3 aromatic carbocycles. The Morgan fingerprint density at radius 3 is 2.42 bits per heavy atom. The van der Waals surface area contributed by atoms with E-state index in [1.165, 1.54) is 19.3 Å². The molecule has 0 unspecified atom stereocenters. The van der Waals surface area contributed by atoms with Gasteiger partial charge in [0, 0.05) is 5.02 Å². The molecule has 0 spiro atoms. The van der Waals surface area contributed by atoms with Crippen LogP contribution in [0.2, 0.25) is 20.1 Å². The molecule has 1 N–H and O–H groups in total. The molecule has 0 bridgehead atoms. The van der Waals surface area contributed by atoms with Crippen LogP contribution in [-0.2, 0) is 11.4 Å². The molecule has 9 heteroatoms. The number of nitriles is 1. The normalized spacial score (nSPS) is 11.0. The number of halogens is 4. The molecule has 0 aliphatic rings. The second-order valence-electron chi connectivity index (χ2n) is 6.70. The molecule has 0 heterocycles. The van der Waals surface area contributed by atoms with Crippen LogP contribution in [0.1, 0.15) is 11.1 Å². The first-order valence-electron chi connectivity index (χ1n) is 9.43. The number of ether oxygens (including phenoxy) is 2. The number of methoxy groups -OCH3 is 1. The summed E-state index contributed by atoms with van der Waals surface area (Å²) in [5.74, 6) is 0.286. The van der Waals surface area contributed by atoms with Crippen molar-refractivity contribution in [1.82, 2.24) is 0 Å². The molecule has 0 radical (unpaired) electrons. The second-order valence-corrected chi connectivity index (χ2v) is 8.35. The molecule has 1 amide bonds. The average molecular weight is 522 g/mol. The van der Waals surface area contributed by atoms with Crippen molar-refractivity contribution in [2.45, 2.75) is 6.61 Å². The predicted octanol–water partition coefficient (Wildman–Crippen LogP) is 7.43. The van der Waals surface area contributed by atoms with Gasteiger partial charge in [0.05, 0.1) is 27.9 Å². The zero-order valence-corrected chi connectivity index (χ0v) is 20.2. The Hall–Kier alpha value is -2.88. The Bertz CT molecular complexity index is 1270. The van der Waals surface area contributed by atoms with Crippen LogP contribution < -0.4 is 14.8 Å². The maximum atomic E-state index is 12.6. The van der Waals surface area contributed by atoms with E-state index in [1.807, 2.05) is 12.1 Å². The van der Waals surface area contributed by atoms with Gasteiger partial charge in [-0.15, -0.1) is 0 Å². The summed E-state index contributed by atoms with van der Waals surface area (Å²) < 4.78 is 11.2. The van der Waals surface area contributed by atoms with Crippen LogP contribution in [0, 0.1) is 11.3 Å². The molecule has 0 aliphatic carbocycles. The number of rotatable bonds is 7. The van der Waals surface area contributed by atoms with Crippen molar-refractivity contribution in [3.8, 4) is 17.6 Å². The Balaban J connectivity index is 1.77. The molecule has 3 aromatic rings. The van der Waals surface area contributed by atoms with Gasteiger partial charge in [0.1, 0.15) is 18.2 Å². The number of nitrogens with one attached hydrogen (secondary N) is 1. The number of hydrogen-bond acceptors (Lipinski definition) is 4. The molecular formula is C24H16Cl4N2O3. The topological polar surface area (TPSA) is 71.3 Å². The lowest BCUT2D eigenvalue weighted by Crippen LogP contribution is -2.13. The van der Waals surface area contributed by atoms with Gasteiger partial charge in [0.2, 0.25) is 0 Å². The highest BCUT2D eigenvalue weighted by Gasteiger charge is 2.13. The number of nitrogens with zero attached hydrogens (tertiary/aromatic N) is 1. The van der Waals surface area contributed by atoms with Gasteiger partial charge in [0.15, 0.2) is 11.5 Å². The molecule has 5 nitrogen and oxygen atoms in total. The summed E-state index contributed by atoms with van der Waals surface area (Å²) in [7, 11) is 1.49. The third-order valence-corrected chi connectivity index (χ3v) is 5.72. The van der Waals surface area contributed by atoms with Gasteiger partial charge >= 0.3 is 0 Å². The van der Waals surface area contributed by atoms with Crippen LogP contribution in [-0.4, -0.2) is 13.0 Å². The maximum absolute atomic E-state index is 12.6. The van der Waals surface area contributed by atoms with Gasteiger partial charge in [-0.1, -0.05) is 58.5 Å². The van der Waals surface area contributed by atoms with E-state index in [1.54, 1.807) is 42.5 Å². The Morgan fingerprint density at radius 2 is 1.73 bits per heavy atom. The first-order valence-corrected chi connectivity index (χ1v) is 10.9. The Morgan fingerprint density at radius 1 is 0.970 bits per heavy atom.